The van der Waals surface area contributed by atoms with Crippen molar-refractivity contribution in [1.82, 2.24) is 25.1 Å². The van der Waals surface area contributed by atoms with Crippen molar-refractivity contribution in [2.45, 2.75) is 53.0 Å². The summed E-state index contributed by atoms with van der Waals surface area (Å²) in [4.78, 5) is 21.4. The summed E-state index contributed by atoms with van der Waals surface area (Å²) in [6.45, 7) is 8.62. The Labute approximate surface area is 175 Å². The number of amides is 2. The third kappa shape index (κ3) is 4.85. The molecule has 2 amide bonds. The SMILES string of the molecule is CCCc1cc(NC(=O)NCc2cc(C(C)C)c3c(n2)c(C)nn3C)cc(Cl)n1. The van der Waals surface area contributed by atoms with Gasteiger partial charge in [-0.1, -0.05) is 38.8 Å². The second-order valence-electron chi connectivity index (χ2n) is 7.49. The predicted octanol–water partition coefficient (Wildman–Crippen LogP) is 4.72. The van der Waals surface area contributed by atoms with E-state index in [-0.39, 0.29) is 6.03 Å². The predicted molar refractivity (Wildman–Crippen MR) is 116 cm³/mol. The van der Waals surface area contributed by atoms with Gasteiger partial charge in [0.2, 0.25) is 0 Å². The molecule has 2 N–H and O–H groups in total. The molecule has 0 bridgehead atoms. The fourth-order valence-electron chi connectivity index (χ4n) is 3.41. The first-order valence-corrected chi connectivity index (χ1v) is 10.2. The fraction of sp³-hybridized carbons (Fsp3) is 0.429. The van der Waals surface area contributed by atoms with Crippen LogP contribution in [0.1, 0.15) is 55.8 Å². The molecule has 0 aliphatic rings. The zero-order valence-corrected chi connectivity index (χ0v) is 18.3. The van der Waals surface area contributed by atoms with Gasteiger partial charge in [0, 0.05) is 18.4 Å². The number of aromatic nitrogens is 4. The molecule has 0 unspecified atom stereocenters. The van der Waals surface area contributed by atoms with Crippen LogP contribution in [0.5, 0.6) is 0 Å². The maximum Gasteiger partial charge on any atom is 0.319 e. The second kappa shape index (κ2) is 8.78. The van der Waals surface area contributed by atoms with Crippen LogP contribution in [0, 0.1) is 6.92 Å². The number of pyridine rings is 2. The summed E-state index contributed by atoms with van der Waals surface area (Å²) in [6.07, 6.45) is 1.77. The minimum Gasteiger partial charge on any atom is -0.332 e. The van der Waals surface area contributed by atoms with Crippen LogP contribution in [0.4, 0.5) is 10.5 Å². The molecule has 0 saturated carbocycles. The molecule has 154 valence electrons. The Morgan fingerprint density at radius 1 is 1.21 bits per heavy atom. The van der Waals surface area contributed by atoms with E-state index in [0.717, 1.165) is 41.0 Å². The van der Waals surface area contributed by atoms with Crippen molar-refractivity contribution >= 4 is 34.4 Å². The molecule has 0 aromatic carbocycles. The molecule has 3 heterocycles. The third-order valence-electron chi connectivity index (χ3n) is 4.70. The number of halogens is 1. The highest BCUT2D eigenvalue weighted by atomic mass is 35.5. The molecule has 7 nitrogen and oxygen atoms in total. The van der Waals surface area contributed by atoms with E-state index in [4.69, 9.17) is 16.6 Å². The maximum absolute atomic E-state index is 12.4. The number of carbonyl (C=O) groups excluding carboxylic acids is 1. The van der Waals surface area contributed by atoms with Gasteiger partial charge in [0.25, 0.3) is 0 Å². The first-order valence-electron chi connectivity index (χ1n) is 9.83. The van der Waals surface area contributed by atoms with Crippen LogP contribution in [-0.4, -0.2) is 25.8 Å². The lowest BCUT2D eigenvalue weighted by atomic mass is 10.0. The standard InChI is InChI=1S/C21H27ClN6O/c1-6-7-14-8-15(10-18(22)24-14)26-21(29)23-11-16-9-17(12(2)3)20-19(25-16)13(4)27-28(20)5/h8-10,12H,6-7,11H2,1-5H3,(H2,23,24,26,29). The monoisotopic (exact) mass is 414 g/mol. The molecule has 3 rings (SSSR count). The van der Waals surface area contributed by atoms with Gasteiger partial charge in [0.1, 0.15) is 10.7 Å². The van der Waals surface area contributed by atoms with E-state index in [1.165, 1.54) is 5.56 Å². The maximum atomic E-state index is 12.4. The molecule has 0 aliphatic carbocycles. The molecule has 0 atom stereocenters. The number of anilines is 1. The Kier molecular flexibility index (Phi) is 6.37. The van der Waals surface area contributed by atoms with Crippen LogP contribution in [0.15, 0.2) is 18.2 Å². The van der Waals surface area contributed by atoms with Crippen molar-refractivity contribution in [3.05, 3.63) is 46.0 Å². The van der Waals surface area contributed by atoms with Crippen molar-refractivity contribution < 1.29 is 4.79 Å². The molecule has 3 aromatic heterocycles. The molecule has 29 heavy (non-hydrogen) atoms. The molecule has 0 spiro atoms. The molecule has 8 heteroatoms. The van der Waals surface area contributed by atoms with Gasteiger partial charge < -0.3 is 10.6 Å². The normalized spacial score (nSPS) is 11.3. The summed E-state index contributed by atoms with van der Waals surface area (Å²) in [5, 5.41) is 10.6. The highest BCUT2D eigenvalue weighted by Gasteiger charge is 2.16. The minimum absolute atomic E-state index is 0.314. The zero-order chi connectivity index (χ0) is 21.1. The third-order valence-corrected chi connectivity index (χ3v) is 4.90. The number of aryl methyl sites for hydroxylation is 3. The van der Waals surface area contributed by atoms with Gasteiger partial charge in [0.05, 0.1) is 23.4 Å². The van der Waals surface area contributed by atoms with Crippen molar-refractivity contribution in [3.63, 3.8) is 0 Å². The lowest BCUT2D eigenvalue weighted by molar-refractivity contribution is 0.251. The van der Waals surface area contributed by atoms with Gasteiger partial charge in [-0.2, -0.15) is 5.10 Å². The topological polar surface area (TPSA) is 84.7 Å². The quantitative estimate of drug-likeness (QED) is 0.571. The lowest BCUT2D eigenvalue weighted by Gasteiger charge is -2.12. The molecular weight excluding hydrogens is 388 g/mol. The number of hydrogen-bond acceptors (Lipinski definition) is 4. The number of nitrogens with zero attached hydrogens (tertiary/aromatic N) is 4. The van der Waals surface area contributed by atoms with Gasteiger partial charge in [-0.3, -0.25) is 4.68 Å². The van der Waals surface area contributed by atoms with E-state index in [1.807, 2.05) is 30.8 Å². The molecule has 0 aliphatic heterocycles. The number of nitrogens with one attached hydrogen (secondary N) is 2. The number of fused-ring (bicyclic) bond motifs is 1. The number of rotatable bonds is 6. The highest BCUT2D eigenvalue weighted by molar-refractivity contribution is 6.29. The number of hydrogen-bond donors (Lipinski definition) is 2. The van der Waals surface area contributed by atoms with Crippen molar-refractivity contribution in [3.8, 4) is 0 Å². The molecule has 0 fully saturated rings. The summed E-state index contributed by atoms with van der Waals surface area (Å²) >= 11 is 6.06. The van der Waals surface area contributed by atoms with Gasteiger partial charge in [-0.25, -0.2) is 14.8 Å². The average Bonchev–Trinajstić information content (AvgIpc) is 2.93. The van der Waals surface area contributed by atoms with Gasteiger partial charge in [-0.15, -0.1) is 0 Å². The Morgan fingerprint density at radius 2 is 1.97 bits per heavy atom. The molecule has 0 radical (unpaired) electrons. The molecule has 0 saturated heterocycles. The largest absolute Gasteiger partial charge is 0.332 e. The Hall–Kier alpha value is -2.67. The van der Waals surface area contributed by atoms with Crippen LogP contribution in [0.25, 0.3) is 11.0 Å². The lowest BCUT2D eigenvalue weighted by Crippen LogP contribution is -2.28. The first-order chi connectivity index (χ1) is 13.8. The Bertz CT molecular complexity index is 1040. The average molecular weight is 415 g/mol. The van der Waals surface area contributed by atoms with Crippen molar-refractivity contribution in [2.24, 2.45) is 7.05 Å². The number of urea groups is 1. The Morgan fingerprint density at radius 3 is 2.66 bits per heavy atom. The fourth-order valence-corrected chi connectivity index (χ4v) is 3.64. The van der Waals surface area contributed by atoms with Crippen molar-refractivity contribution in [1.29, 1.82) is 0 Å². The van der Waals surface area contributed by atoms with E-state index >= 15 is 0 Å². The van der Waals surface area contributed by atoms with Crippen LogP contribution >= 0.6 is 11.6 Å². The summed E-state index contributed by atoms with van der Waals surface area (Å²) in [5.41, 5.74) is 6.25. The first kappa shape index (κ1) is 21.0. The summed E-state index contributed by atoms with van der Waals surface area (Å²) in [6, 6.07) is 5.21. The second-order valence-corrected chi connectivity index (χ2v) is 7.88. The molecular formula is C21H27ClN6O. The smallest absolute Gasteiger partial charge is 0.319 e. The van der Waals surface area contributed by atoms with Gasteiger partial charge >= 0.3 is 6.03 Å². The Balaban J connectivity index is 1.75. The van der Waals surface area contributed by atoms with Crippen LogP contribution in [0.2, 0.25) is 5.15 Å². The van der Waals surface area contributed by atoms with Crippen LogP contribution in [-0.2, 0) is 20.0 Å². The summed E-state index contributed by atoms with van der Waals surface area (Å²) < 4.78 is 1.87. The minimum atomic E-state index is -0.314. The van der Waals surface area contributed by atoms with Crippen LogP contribution < -0.4 is 10.6 Å². The zero-order valence-electron chi connectivity index (χ0n) is 17.5. The van der Waals surface area contributed by atoms with Crippen LogP contribution in [0.3, 0.4) is 0 Å². The van der Waals surface area contributed by atoms with Crippen molar-refractivity contribution in [2.75, 3.05) is 5.32 Å². The molecule has 3 aromatic rings. The summed E-state index contributed by atoms with van der Waals surface area (Å²) in [7, 11) is 1.93. The van der Waals surface area contributed by atoms with E-state index in [9.17, 15) is 4.79 Å². The van der Waals surface area contributed by atoms with E-state index in [0.29, 0.717) is 23.3 Å². The van der Waals surface area contributed by atoms with Gasteiger partial charge in [-0.05, 0) is 43.0 Å². The summed E-state index contributed by atoms with van der Waals surface area (Å²) in [5.74, 6) is 0.318. The van der Waals surface area contributed by atoms with Gasteiger partial charge in [0.15, 0.2) is 0 Å². The van der Waals surface area contributed by atoms with E-state index in [1.54, 1.807) is 6.07 Å². The van der Waals surface area contributed by atoms with E-state index < -0.39 is 0 Å². The van der Waals surface area contributed by atoms with E-state index in [2.05, 4.69) is 41.5 Å². The number of carbonyl (C=O) groups is 1. The highest BCUT2D eigenvalue weighted by Crippen LogP contribution is 2.26.